The number of hydrogen-bond acceptors (Lipinski definition) is 6. The smallest absolute Gasteiger partial charge is 0.340 e. The molecule has 0 bridgehead atoms. The highest BCUT2D eigenvalue weighted by Crippen LogP contribution is 2.19. The second-order valence-electron chi connectivity index (χ2n) is 4.20. The first kappa shape index (κ1) is 15.6. The van der Waals surface area contributed by atoms with Crippen LogP contribution in [-0.4, -0.2) is 35.6 Å². The van der Waals surface area contributed by atoms with E-state index in [0.717, 1.165) is 12.2 Å². The van der Waals surface area contributed by atoms with Gasteiger partial charge in [0.05, 0.1) is 24.1 Å². The van der Waals surface area contributed by atoms with E-state index < -0.39 is 0 Å². The minimum Gasteiger partial charge on any atom is -0.462 e. The number of ether oxygens (including phenoxy) is 1. The zero-order valence-corrected chi connectivity index (χ0v) is 12.4. The van der Waals surface area contributed by atoms with Crippen LogP contribution in [0.4, 0.5) is 11.5 Å². The van der Waals surface area contributed by atoms with Gasteiger partial charge in [-0.1, -0.05) is 0 Å². The Kier molecular flexibility index (Phi) is 6.49. The van der Waals surface area contributed by atoms with Crippen LogP contribution in [0.1, 0.15) is 30.6 Å². The lowest BCUT2D eigenvalue weighted by atomic mass is 10.2. The third-order valence-electron chi connectivity index (χ3n) is 2.58. The lowest BCUT2D eigenvalue weighted by Gasteiger charge is -2.17. The summed E-state index contributed by atoms with van der Waals surface area (Å²) < 4.78 is 5.02. The van der Waals surface area contributed by atoms with Gasteiger partial charge in [0.2, 0.25) is 0 Å². The van der Waals surface area contributed by atoms with Crippen LogP contribution in [0.3, 0.4) is 0 Å². The van der Waals surface area contributed by atoms with Crippen LogP contribution in [0.15, 0.2) is 12.3 Å². The molecule has 0 aliphatic rings. The van der Waals surface area contributed by atoms with Gasteiger partial charge in [-0.05, 0) is 38.3 Å². The van der Waals surface area contributed by atoms with Gasteiger partial charge < -0.3 is 15.8 Å². The monoisotopic (exact) mass is 283 g/mol. The van der Waals surface area contributed by atoms with E-state index >= 15 is 0 Å². The molecule has 0 fully saturated rings. The molecule has 1 rings (SSSR count). The zero-order chi connectivity index (χ0) is 14.3. The molecule has 1 aromatic heterocycles. The number of pyridine rings is 1. The van der Waals surface area contributed by atoms with E-state index in [4.69, 9.17) is 10.5 Å². The molecular weight excluding hydrogens is 262 g/mol. The van der Waals surface area contributed by atoms with Crippen LogP contribution in [0.2, 0.25) is 0 Å². The summed E-state index contributed by atoms with van der Waals surface area (Å²) in [5.74, 6) is 0.993. The third-order valence-corrected chi connectivity index (χ3v) is 3.22. The minimum atomic E-state index is -0.379. The van der Waals surface area contributed by atoms with Crippen molar-refractivity contribution in [3.8, 4) is 0 Å². The first-order valence-corrected chi connectivity index (χ1v) is 7.66. The highest BCUT2D eigenvalue weighted by molar-refractivity contribution is 7.98. The van der Waals surface area contributed by atoms with Crippen molar-refractivity contribution in [2.45, 2.75) is 26.3 Å². The molecular formula is C13H21N3O2S. The second-order valence-corrected chi connectivity index (χ2v) is 5.19. The summed E-state index contributed by atoms with van der Waals surface area (Å²) in [6.45, 7) is 4.18. The first-order chi connectivity index (χ1) is 9.08. The molecule has 19 heavy (non-hydrogen) atoms. The average Bonchev–Trinajstić information content (AvgIpc) is 2.38. The number of nitrogens with two attached hydrogens (primary N) is 1. The van der Waals surface area contributed by atoms with Crippen molar-refractivity contribution >= 4 is 29.2 Å². The zero-order valence-electron chi connectivity index (χ0n) is 11.6. The summed E-state index contributed by atoms with van der Waals surface area (Å²) in [7, 11) is 0. The lowest BCUT2D eigenvalue weighted by molar-refractivity contribution is 0.0527. The number of aromatic nitrogens is 1. The van der Waals surface area contributed by atoms with Crippen molar-refractivity contribution in [1.29, 1.82) is 0 Å². The van der Waals surface area contributed by atoms with Crippen molar-refractivity contribution in [1.82, 2.24) is 4.98 Å². The quantitative estimate of drug-likeness (QED) is 0.748. The summed E-state index contributed by atoms with van der Waals surface area (Å²) in [6, 6.07) is 1.80. The Bertz CT molecular complexity index is 426. The van der Waals surface area contributed by atoms with Gasteiger partial charge in [-0.2, -0.15) is 11.8 Å². The number of hydrogen-bond donors (Lipinski definition) is 2. The largest absolute Gasteiger partial charge is 0.462 e. The number of anilines is 2. The Hall–Kier alpha value is -1.43. The highest BCUT2D eigenvalue weighted by Gasteiger charge is 2.15. The third kappa shape index (κ3) is 4.98. The molecule has 3 N–H and O–H groups in total. The average molecular weight is 283 g/mol. The van der Waals surface area contributed by atoms with Crippen molar-refractivity contribution < 1.29 is 9.53 Å². The van der Waals surface area contributed by atoms with E-state index in [9.17, 15) is 4.79 Å². The van der Waals surface area contributed by atoms with Crippen LogP contribution < -0.4 is 11.1 Å². The predicted molar refractivity (Wildman–Crippen MR) is 80.7 cm³/mol. The molecule has 1 unspecified atom stereocenters. The van der Waals surface area contributed by atoms with Crippen molar-refractivity contribution in [2.75, 3.05) is 29.7 Å². The molecule has 0 aromatic carbocycles. The van der Waals surface area contributed by atoms with Crippen LogP contribution in [0.25, 0.3) is 0 Å². The Morgan fingerprint density at radius 1 is 1.63 bits per heavy atom. The van der Waals surface area contributed by atoms with Gasteiger partial charge in [0, 0.05) is 6.04 Å². The number of carbonyl (C=O) groups excluding carboxylic acids is 1. The van der Waals surface area contributed by atoms with Crippen LogP contribution in [0, 0.1) is 0 Å². The number of esters is 1. The van der Waals surface area contributed by atoms with E-state index in [1.54, 1.807) is 30.9 Å². The fourth-order valence-electron chi connectivity index (χ4n) is 1.60. The molecule has 0 spiro atoms. The van der Waals surface area contributed by atoms with Gasteiger partial charge >= 0.3 is 5.97 Å². The normalized spacial score (nSPS) is 11.9. The number of nitrogens with one attached hydrogen (secondary N) is 1. The maximum atomic E-state index is 11.9. The molecule has 106 valence electrons. The number of nitrogen functional groups attached to an aromatic ring is 1. The molecule has 1 atom stereocenters. The van der Waals surface area contributed by atoms with Crippen molar-refractivity contribution in [3.63, 3.8) is 0 Å². The molecule has 0 saturated carbocycles. The summed E-state index contributed by atoms with van der Waals surface area (Å²) in [5, 5.41) is 3.28. The van der Waals surface area contributed by atoms with Crippen molar-refractivity contribution in [2.24, 2.45) is 0 Å². The van der Waals surface area contributed by atoms with Crippen molar-refractivity contribution in [3.05, 3.63) is 17.8 Å². The van der Waals surface area contributed by atoms with E-state index in [0.29, 0.717) is 23.7 Å². The molecule has 5 nitrogen and oxygen atoms in total. The summed E-state index contributed by atoms with van der Waals surface area (Å²) in [6.07, 6.45) is 4.66. The van der Waals surface area contributed by atoms with Crippen LogP contribution in [-0.2, 0) is 4.74 Å². The first-order valence-electron chi connectivity index (χ1n) is 6.26. The molecule has 0 aliphatic heterocycles. The molecule has 1 aromatic rings. The van der Waals surface area contributed by atoms with Gasteiger partial charge in [-0.25, -0.2) is 9.78 Å². The summed E-state index contributed by atoms with van der Waals surface area (Å²) in [4.78, 5) is 15.9. The number of carbonyl (C=O) groups is 1. The lowest BCUT2D eigenvalue weighted by Crippen LogP contribution is -2.19. The molecule has 0 amide bonds. The maximum Gasteiger partial charge on any atom is 0.340 e. The Morgan fingerprint density at radius 2 is 2.37 bits per heavy atom. The maximum absolute atomic E-state index is 11.9. The Labute approximate surface area is 118 Å². The number of nitrogens with zero attached hydrogens (tertiary/aromatic N) is 1. The molecule has 0 aliphatic carbocycles. The molecule has 0 saturated heterocycles. The van der Waals surface area contributed by atoms with Gasteiger partial charge in [0.1, 0.15) is 5.82 Å². The highest BCUT2D eigenvalue weighted by atomic mass is 32.2. The van der Waals surface area contributed by atoms with E-state index in [1.165, 1.54) is 0 Å². The summed E-state index contributed by atoms with van der Waals surface area (Å²) in [5.41, 5.74) is 6.73. The van der Waals surface area contributed by atoms with Gasteiger partial charge in [-0.3, -0.25) is 0 Å². The fraction of sp³-hybridized carbons (Fsp3) is 0.538. The molecule has 1 heterocycles. The topological polar surface area (TPSA) is 77.2 Å². The fourth-order valence-corrected chi connectivity index (χ4v) is 2.19. The van der Waals surface area contributed by atoms with Gasteiger partial charge in [0.15, 0.2) is 0 Å². The summed E-state index contributed by atoms with van der Waals surface area (Å²) >= 11 is 1.79. The van der Waals surface area contributed by atoms with Crippen LogP contribution >= 0.6 is 11.8 Å². The predicted octanol–water partition coefficient (Wildman–Crippen LogP) is 2.39. The molecule has 6 heteroatoms. The van der Waals surface area contributed by atoms with E-state index in [-0.39, 0.29) is 12.0 Å². The number of thioether (sulfide) groups is 1. The van der Waals surface area contributed by atoms with Gasteiger partial charge in [-0.15, -0.1) is 0 Å². The minimum absolute atomic E-state index is 0.256. The number of rotatable bonds is 7. The SMILES string of the molecule is CCOC(=O)c1cc(N)ncc1NC(C)CCSC. The molecule has 0 radical (unpaired) electrons. The second kappa shape index (κ2) is 7.89. The van der Waals surface area contributed by atoms with E-state index in [2.05, 4.69) is 23.5 Å². The van der Waals surface area contributed by atoms with Gasteiger partial charge in [0.25, 0.3) is 0 Å². The van der Waals surface area contributed by atoms with E-state index in [1.807, 2.05) is 0 Å². The Balaban J connectivity index is 2.84. The van der Waals surface area contributed by atoms with Crippen LogP contribution in [0.5, 0.6) is 0 Å². The Morgan fingerprint density at radius 3 is 3.00 bits per heavy atom. The standard InChI is InChI=1S/C13H21N3O2S/c1-4-18-13(17)10-7-12(14)15-8-11(10)16-9(2)5-6-19-3/h7-9,16H,4-6H2,1-3H3,(H2,14,15).